The topological polar surface area (TPSA) is 32.9 Å². The molecule has 1 N–H and O–H groups in total. The van der Waals surface area contributed by atoms with Crippen LogP contribution in [0.1, 0.15) is 6.92 Å². The molecule has 0 amide bonds. The van der Waals surface area contributed by atoms with Crippen molar-refractivity contribution in [3.63, 3.8) is 0 Å². The zero-order valence-electron chi connectivity index (χ0n) is 8.21. The molecule has 2 rings (SSSR count). The molecule has 1 aromatic heterocycles. The van der Waals surface area contributed by atoms with E-state index in [1.807, 2.05) is 18.2 Å². The van der Waals surface area contributed by atoms with Gasteiger partial charge in [-0.1, -0.05) is 13.0 Å². The first-order chi connectivity index (χ1) is 7.22. The SMILES string of the molecule is CCSc1cc(=O)c2cccc(Br)c2[nH]1. The molecule has 0 fully saturated rings. The Balaban J connectivity index is 2.74. The number of thioether (sulfide) groups is 1. The van der Waals surface area contributed by atoms with Gasteiger partial charge in [0.05, 0.1) is 10.5 Å². The van der Waals surface area contributed by atoms with Crippen molar-refractivity contribution in [2.75, 3.05) is 5.75 Å². The third kappa shape index (κ3) is 2.11. The van der Waals surface area contributed by atoms with Crippen molar-refractivity contribution in [1.29, 1.82) is 0 Å². The fourth-order valence-electron chi connectivity index (χ4n) is 1.45. The first-order valence-electron chi connectivity index (χ1n) is 4.66. The van der Waals surface area contributed by atoms with Gasteiger partial charge in [-0.15, -0.1) is 11.8 Å². The summed E-state index contributed by atoms with van der Waals surface area (Å²) in [6, 6.07) is 7.29. The molecule has 0 radical (unpaired) electrons. The average molecular weight is 284 g/mol. The molecule has 2 nitrogen and oxygen atoms in total. The van der Waals surface area contributed by atoms with Gasteiger partial charge < -0.3 is 4.98 Å². The molecule has 15 heavy (non-hydrogen) atoms. The van der Waals surface area contributed by atoms with Gasteiger partial charge in [-0.3, -0.25) is 4.79 Å². The van der Waals surface area contributed by atoms with Gasteiger partial charge in [0.25, 0.3) is 0 Å². The number of para-hydroxylation sites is 1. The van der Waals surface area contributed by atoms with E-state index in [1.165, 1.54) is 0 Å². The van der Waals surface area contributed by atoms with E-state index in [1.54, 1.807) is 17.8 Å². The van der Waals surface area contributed by atoms with Gasteiger partial charge in [-0.05, 0) is 33.8 Å². The van der Waals surface area contributed by atoms with Crippen molar-refractivity contribution in [1.82, 2.24) is 4.98 Å². The molecule has 0 bridgehead atoms. The number of H-pyrrole nitrogens is 1. The number of aromatic nitrogens is 1. The normalized spacial score (nSPS) is 10.8. The number of nitrogens with one attached hydrogen (secondary N) is 1. The monoisotopic (exact) mass is 283 g/mol. The molecular formula is C11H10BrNOS. The Labute approximate surface area is 100 Å². The molecule has 0 saturated heterocycles. The maximum atomic E-state index is 11.8. The number of hydrogen-bond acceptors (Lipinski definition) is 2. The quantitative estimate of drug-likeness (QED) is 0.857. The second kappa shape index (κ2) is 4.41. The summed E-state index contributed by atoms with van der Waals surface area (Å²) in [6.45, 7) is 2.06. The average Bonchev–Trinajstić information content (AvgIpc) is 2.20. The summed E-state index contributed by atoms with van der Waals surface area (Å²) in [5.74, 6) is 0.950. The van der Waals surface area contributed by atoms with Crippen molar-refractivity contribution < 1.29 is 0 Å². The van der Waals surface area contributed by atoms with E-state index in [4.69, 9.17) is 0 Å². The lowest BCUT2D eigenvalue weighted by molar-refractivity contribution is 1.17. The first-order valence-corrected chi connectivity index (χ1v) is 6.44. The molecule has 1 heterocycles. The minimum Gasteiger partial charge on any atom is -0.349 e. The van der Waals surface area contributed by atoms with Crippen LogP contribution in [0.4, 0.5) is 0 Å². The first kappa shape index (κ1) is 10.8. The molecule has 78 valence electrons. The highest BCUT2D eigenvalue weighted by molar-refractivity contribution is 9.10. The number of halogens is 1. The lowest BCUT2D eigenvalue weighted by Gasteiger charge is -2.03. The Bertz CT molecular complexity index is 550. The van der Waals surface area contributed by atoms with E-state index >= 15 is 0 Å². The standard InChI is InChI=1S/C11H10BrNOS/c1-2-15-10-6-9(14)7-4-3-5-8(12)11(7)13-10/h3-6H,2H2,1H3,(H,13,14). The highest BCUT2D eigenvalue weighted by Gasteiger charge is 2.04. The van der Waals surface area contributed by atoms with Crippen LogP contribution in [0.3, 0.4) is 0 Å². The molecule has 1 aromatic carbocycles. The molecule has 0 spiro atoms. The van der Waals surface area contributed by atoms with Crippen LogP contribution in [0.15, 0.2) is 38.6 Å². The van der Waals surface area contributed by atoms with E-state index in [0.717, 1.165) is 26.2 Å². The van der Waals surface area contributed by atoms with Crippen LogP contribution in [0.5, 0.6) is 0 Å². The molecule has 0 aliphatic rings. The summed E-state index contributed by atoms with van der Waals surface area (Å²) in [4.78, 5) is 15.0. The summed E-state index contributed by atoms with van der Waals surface area (Å²) >= 11 is 5.07. The molecule has 2 aromatic rings. The van der Waals surface area contributed by atoms with Gasteiger partial charge in [-0.2, -0.15) is 0 Å². The molecule has 0 atom stereocenters. The predicted octanol–water partition coefficient (Wildman–Crippen LogP) is 3.40. The Morgan fingerprint density at radius 3 is 3.00 bits per heavy atom. The van der Waals surface area contributed by atoms with Gasteiger partial charge in [0, 0.05) is 15.9 Å². The summed E-state index contributed by atoms with van der Waals surface area (Å²) < 4.78 is 0.927. The number of fused-ring (bicyclic) bond motifs is 1. The summed E-state index contributed by atoms with van der Waals surface area (Å²) in [7, 11) is 0. The Morgan fingerprint density at radius 2 is 2.27 bits per heavy atom. The van der Waals surface area contributed by atoms with Crippen molar-refractivity contribution in [2.24, 2.45) is 0 Å². The van der Waals surface area contributed by atoms with E-state index in [0.29, 0.717) is 0 Å². The van der Waals surface area contributed by atoms with Crippen LogP contribution < -0.4 is 5.43 Å². The molecule has 0 aliphatic carbocycles. The number of aromatic amines is 1. The number of benzene rings is 1. The lowest BCUT2D eigenvalue weighted by Crippen LogP contribution is -2.02. The largest absolute Gasteiger partial charge is 0.349 e. The van der Waals surface area contributed by atoms with E-state index in [-0.39, 0.29) is 5.43 Å². The Kier molecular flexibility index (Phi) is 3.17. The summed E-state index contributed by atoms with van der Waals surface area (Å²) in [6.07, 6.45) is 0. The van der Waals surface area contributed by atoms with Crippen LogP contribution in [-0.4, -0.2) is 10.7 Å². The Morgan fingerprint density at radius 1 is 1.47 bits per heavy atom. The van der Waals surface area contributed by atoms with Crippen LogP contribution in [0.25, 0.3) is 10.9 Å². The van der Waals surface area contributed by atoms with Gasteiger partial charge in [0.1, 0.15) is 0 Å². The van der Waals surface area contributed by atoms with Crippen molar-refractivity contribution in [3.8, 4) is 0 Å². The number of rotatable bonds is 2. The smallest absolute Gasteiger partial charge is 0.190 e. The number of hydrogen-bond donors (Lipinski definition) is 1. The van der Waals surface area contributed by atoms with E-state index in [2.05, 4.69) is 27.8 Å². The summed E-state index contributed by atoms with van der Waals surface area (Å²) in [5, 5.41) is 1.65. The highest BCUT2D eigenvalue weighted by atomic mass is 79.9. The molecule has 0 aliphatic heterocycles. The van der Waals surface area contributed by atoms with Crippen LogP contribution in [-0.2, 0) is 0 Å². The van der Waals surface area contributed by atoms with E-state index < -0.39 is 0 Å². The van der Waals surface area contributed by atoms with Crippen LogP contribution in [0.2, 0.25) is 0 Å². The molecule has 0 unspecified atom stereocenters. The van der Waals surface area contributed by atoms with Gasteiger partial charge in [-0.25, -0.2) is 0 Å². The van der Waals surface area contributed by atoms with Crippen molar-refractivity contribution in [2.45, 2.75) is 11.9 Å². The molecular weight excluding hydrogens is 274 g/mol. The second-order valence-corrected chi connectivity index (χ2v) is 5.25. The minimum atomic E-state index is 0.0704. The molecule has 4 heteroatoms. The Hall–Kier alpha value is -0.740. The zero-order chi connectivity index (χ0) is 10.8. The maximum Gasteiger partial charge on any atom is 0.190 e. The molecule has 0 saturated carbocycles. The zero-order valence-corrected chi connectivity index (χ0v) is 10.6. The fraction of sp³-hybridized carbons (Fsp3) is 0.182. The van der Waals surface area contributed by atoms with Gasteiger partial charge >= 0.3 is 0 Å². The summed E-state index contributed by atoms with van der Waals surface area (Å²) in [5.41, 5.74) is 0.946. The minimum absolute atomic E-state index is 0.0704. The fourth-order valence-corrected chi connectivity index (χ4v) is 2.59. The maximum absolute atomic E-state index is 11.8. The third-order valence-corrected chi connectivity index (χ3v) is 3.57. The predicted molar refractivity (Wildman–Crippen MR) is 68.7 cm³/mol. The number of pyridine rings is 1. The highest BCUT2D eigenvalue weighted by Crippen LogP contribution is 2.22. The second-order valence-electron chi connectivity index (χ2n) is 3.09. The lowest BCUT2D eigenvalue weighted by atomic mass is 10.2. The van der Waals surface area contributed by atoms with Crippen LogP contribution >= 0.6 is 27.7 Å². The van der Waals surface area contributed by atoms with Gasteiger partial charge in [0.15, 0.2) is 5.43 Å². The third-order valence-electron chi connectivity index (χ3n) is 2.09. The van der Waals surface area contributed by atoms with E-state index in [9.17, 15) is 4.79 Å². The van der Waals surface area contributed by atoms with Crippen molar-refractivity contribution in [3.05, 3.63) is 39.0 Å². The van der Waals surface area contributed by atoms with Crippen molar-refractivity contribution >= 4 is 38.6 Å². The van der Waals surface area contributed by atoms with Gasteiger partial charge in [0.2, 0.25) is 0 Å². The van der Waals surface area contributed by atoms with Crippen LogP contribution in [0, 0.1) is 0 Å².